The number of anilines is 1. The third-order valence-corrected chi connectivity index (χ3v) is 4.68. The molecular weight excluding hydrogens is 332 g/mol. The molecule has 0 N–H and O–H groups in total. The molecule has 0 bridgehead atoms. The number of benzene rings is 1. The maximum atomic E-state index is 12.2. The second kappa shape index (κ2) is 4.97. The van der Waals surface area contributed by atoms with Crippen LogP contribution in [0.2, 0.25) is 0 Å². The summed E-state index contributed by atoms with van der Waals surface area (Å²) in [5.74, 6) is -0.802. The third kappa shape index (κ3) is 2.82. The highest BCUT2D eigenvalue weighted by Gasteiger charge is 2.40. The van der Waals surface area contributed by atoms with Crippen molar-refractivity contribution in [2.24, 2.45) is 0 Å². The Morgan fingerprint density at radius 3 is 2.37 bits per heavy atom. The Hall–Kier alpha value is -1.34. The van der Waals surface area contributed by atoms with Crippen molar-refractivity contribution in [1.82, 2.24) is 4.90 Å². The molecule has 0 spiro atoms. The highest BCUT2D eigenvalue weighted by atomic mass is 79.9. The normalized spacial score (nSPS) is 20.1. The molecule has 0 atom stereocenters. The average molecular weight is 345 g/mol. The molecule has 1 aliphatic heterocycles. The van der Waals surface area contributed by atoms with Crippen molar-refractivity contribution in [3.05, 3.63) is 39.8 Å². The molecule has 1 heterocycles. The lowest BCUT2D eigenvalue weighted by molar-refractivity contribution is -0.114. The topological polar surface area (TPSA) is 57.7 Å². The van der Waals surface area contributed by atoms with Gasteiger partial charge in [0.15, 0.2) is 0 Å². The lowest BCUT2D eigenvalue weighted by Crippen LogP contribution is -2.25. The minimum Gasteiger partial charge on any atom is -0.382 e. The largest absolute Gasteiger partial charge is 0.382 e. The van der Waals surface area contributed by atoms with Crippen molar-refractivity contribution in [1.29, 1.82) is 0 Å². The van der Waals surface area contributed by atoms with Crippen LogP contribution in [0.3, 0.4) is 0 Å². The van der Waals surface area contributed by atoms with Crippen LogP contribution < -0.4 is 4.90 Å². The Bertz CT molecular complexity index is 635. The molecule has 1 amide bonds. The molecule has 7 heteroatoms. The van der Waals surface area contributed by atoms with Crippen LogP contribution in [-0.4, -0.2) is 39.2 Å². The molecule has 1 fully saturated rings. The summed E-state index contributed by atoms with van der Waals surface area (Å²) in [6, 6.07) is 6.94. The van der Waals surface area contributed by atoms with Crippen LogP contribution in [-0.2, 0) is 14.6 Å². The maximum absolute atomic E-state index is 12.2. The first-order valence-corrected chi connectivity index (χ1v) is 7.94. The second-order valence-corrected chi connectivity index (χ2v) is 7.25. The van der Waals surface area contributed by atoms with E-state index in [1.165, 1.54) is 11.1 Å². The van der Waals surface area contributed by atoms with E-state index < -0.39 is 15.7 Å². The van der Waals surface area contributed by atoms with Crippen molar-refractivity contribution in [2.45, 2.75) is 0 Å². The summed E-state index contributed by atoms with van der Waals surface area (Å²) >= 11 is 3.30. The number of sulfone groups is 1. The van der Waals surface area contributed by atoms with Crippen LogP contribution >= 0.6 is 15.9 Å². The second-order valence-electron chi connectivity index (χ2n) is 4.41. The molecule has 1 saturated heterocycles. The average Bonchev–Trinajstić information content (AvgIpc) is 2.53. The summed E-state index contributed by atoms with van der Waals surface area (Å²) in [6.07, 6.45) is 1.34. The first-order chi connectivity index (χ1) is 8.81. The Morgan fingerprint density at radius 1 is 1.26 bits per heavy atom. The fourth-order valence-corrected chi connectivity index (χ4v) is 3.50. The van der Waals surface area contributed by atoms with Gasteiger partial charge in [-0.1, -0.05) is 15.9 Å². The minimum atomic E-state index is -3.55. The summed E-state index contributed by atoms with van der Waals surface area (Å²) in [6.45, 7) is 0. The SMILES string of the molecule is CN(C)/C=C1/C(=O)N(c2ccc(Br)cc2)CS1(=O)=O. The predicted molar refractivity (Wildman–Crippen MR) is 77.2 cm³/mol. The van der Waals surface area contributed by atoms with E-state index in [2.05, 4.69) is 15.9 Å². The number of rotatable bonds is 2. The van der Waals surface area contributed by atoms with Crippen molar-refractivity contribution in [2.75, 3.05) is 24.9 Å². The quantitative estimate of drug-likeness (QED) is 0.764. The van der Waals surface area contributed by atoms with Gasteiger partial charge >= 0.3 is 0 Å². The van der Waals surface area contributed by atoms with E-state index in [9.17, 15) is 13.2 Å². The molecule has 0 aliphatic carbocycles. The molecule has 1 aromatic rings. The van der Waals surface area contributed by atoms with Crippen LogP contribution in [0.25, 0.3) is 0 Å². The van der Waals surface area contributed by atoms with Crippen LogP contribution in [0.5, 0.6) is 0 Å². The highest BCUT2D eigenvalue weighted by Crippen LogP contribution is 2.28. The first-order valence-electron chi connectivity index (χ1n) is 5.50. The van der Waals surface area contributed by atoms with E-state index in [1.54, 1.807) is 43.3 Å². The number of amides is 1. The molecule has 1 aromatic carbocycles. The molecule has 0 unspecified atom stereocenters. The summed E-state index contributed by atoms with van der Waals surface area (Å²) in [7, 11) is -0.197. The number of hydrogen-bond donors (Lipinski definition) is 0. The summed E-state index contributed by atoms with van der Waals surface area (Å²) in [5, 5.41) is 0. The summed E-state index contributed by atoms with van der Waals surface area (Å²) < 4.78 is 24.9. The number of carbonyl (C=O) groups is 1. The van der Waals surface area contributed by atoms with Crippen LogP contribution in [0.1, 0.15) is 0 Å². The number of carbonyl (C=O) groups excluding carboxylic acids is 1. The number of halogens is 1. The van der Waals surface area contributed by atoms with Crippen molar-refractivity contribution in [3.63, 3.8) is 0 Å². The van der Waals surface area contributed by atoms with E-state index in [1.807, 2.05) is 0 Å². The number of hydrogen-bond acceptors (Lipinski definition) is 4. The first kappa shape index (κ1) is 14.1. The van der Waals surface area contributed by atoms with Crippen molar-refractivity contribution >= 4 is 37.4 Å². The zero-order valence-electron chi connectivity index (χ0n) is 10.5. The fraction of sp³-hybridized carbons (Fsp3) is 0.250. The van der Waals surface area contributed by atoms with Crippen LogP contribution in [0.4, 0.5) is 5.69 Å². The van der Waals surface area contributed by atoms with Crippen molar-refractivity contribution in [3.8, 4) is 0 Å². The summed E-state index contributed by atoms with van der Waals surface area (Å²) in [5.41, 5.74) is 0.568. The Morgan fingerprint density at radius 2 is 1.84 bits per heavy atom. The third-order valence-electron chi connectivity index (χ3n) is 2.60. The zero-order chi connectivity index (χ0) is 14.2. The predicted octanol–water partition coefficient (Wildman–Crippen LogP) is 1.57. The smallest absolute Gasteiger partial charge is 0.272 e. The van der Waals surface area contributed by atoms with Gasteiger partial charge in [0.2, 0.25) is 9.84 Å². The minimum absolute atomic E-state index is 0.166. The van der Waals surface area contributed by atoms with Gasteiger partial charge in [0.25, 0.3) is 5.91 Å². The van der Waals surface area contributed by atoms with Gasteiger partial charge in [0.05, 0.1) is 0 Å². The molecule has 2 rings (SSSR count). The molecule has 0 saturated carbocycles. The van der Waals surface area contributed by atoms with Gasteiger partial charge in [-0.05, 0) is 24.3 Å². The molecule has 102 valence electrons. The lowest BCUT2D eigenvalue weighted by Gasteiger charge is -2.13. The summed E-state index contributed by atoms with van der Waals surface area (Å²) in [4.78, 5) is 14.8. The van der Waals surface area contributed by atoms with Crippen molar-refractivity contribution < 1.29 is 13.2 Å². The van der Waals surface area contributed by atoms with Gasteiger partial charge in [-0.3, -0.25) is 9.69 Å². The van der Waals surface area contributed by atoms with E-state index in [4.69, 9.17) is 0 Å². The molecule has 0 aromatic heterocycles. The maximum Gasteiger partial charge on any atom is 0.272 e. The van der Waals surface area contributed by atoms with Gasteiger partial charge < -0.3 is 4.90 Å². The highest BCUT2D eigenvalue weighted by molar-refractivity contribution is 9.10. The Balaban J connectivity index is 2.42. The van der Waals surface area contributed by atoms with Gasteiger partial charge in [0, 0.05) is 30.5 Å². The molecule has 1 aliphatic rings. The standard InChI is InChI=1S/C12H13BrN2O3S/c1-14(2)7-11-12(16)15(8-19(11,17)18)10-5-3-9(13)4-6-10/h3-7H,8H2,1-2H3/b11-7-. The van der Waals surface area contributed by atoms with Crippen LogP contribution in [0.15, 0.2) is 39.8 Å². The molecule has 0 radical (unpaired) electrons. The van der Waals surface area contributed by atoms with Crippen LogP contribution in [0, 0.1) is 0 Å². The molecular formula is C12H13BrN2O3S. The fourth-order valence-electron chi connectivity index (χ4n) is 1.75. The van der Waals surface area contributed by atoms with E-state index in [-0.39, 0.29) is 10.8 Å². The van der Waals surface area contributed by atoms with Gasteiger partial charge in [-0.2, -0.15) is 0 Å². The Labute approximate surface area is 120 Å². The zero-order valence-corrected chi connectivity index (χ0v) is 12.9. The molecule has 5 nitrogen and oxygen atoms in total. The van der Waals surface area contributed by atoms with E-state index in [0.29, 0.717) is 5.69 Å². The lowest BCUT2D eigenvalue weighted by atomic mass is 10.3. The van der Waals surface area contributed by atoms with E-state index >= 15 is 0 Å². The molecule has 19 heavy (non-hydrogen) atoms. The monoisotopic (exact) mass is 344 g/mol. The van der Waals surface area contributed by atoms with Gasteiger partial charge in [-0.25, -0.2) is 8.42 Å². The van der Waals surface area contributed by atoms with Gasteiger partial charge in [-0.15, -0.1) is 0 Å². The van der Waals surface area contributed by atoms with Gasteiger partial charge in [0.1, 0.15) is 10.8 Å². The number of nitrogens with zero attached hydrogens (tertiary/aromatic N) is 2. The van der Waals surface area contributed by atoms with E-state index in [0.717, 1.165) is 4.47 Å². The Kier molecular flexibility index (Phi) is 3.69.